The summed E-state index contributed by atoms with van der Waals surface area (Å²) in [4.78, 5) is 0. The number of halogens is 3. The molecule has 0 saturated carbocycles. The minimum absolute atomic E-state index is 0.269. The SMILES string of the molecule is OC(Cc1cc(Br)ccc1F)c1cccc(I)c1. The van der Waals surface area contributed by atoms with Gasteiger partial charge in [-0.15, -0.1) is 0 Å². The molecule has 0 spiro atoms. The van der Waals surface area contributed by atoms with Crippen molar-refractivity contribution in [3.8, 4) is 0 Å². The van der Waals surface area contributed by atoms with Crippen molar-refractivity contribution in [2.75, 3.05) is 0 Å². The third kappa shape index (κ3) is 3.52. The zero-order chi connectivity index (χ0) is 13.1. The lowest BCUT2D eigenvalue weighted by molar-refractivity contribution is 0.177. The molecule has 1 unspecified atom stereocenters. The molecule has 0 saturated heterocycles. The molecule has 0 heterocycles. The standard InChI is InChI=1S/C14H11BrFIO/c15-11-4-5-13(16)10(6-11)8-14(18)9-2-1-3-12(17)7-9/h1-7,14,18H,8H2. The molecule has 94 valence electrons. The first-order chi connectivity index (χ1) is 8.56. The molecule has 0 bridgehead atoms. The summed E-state index contributed by atoms with van der Waals surface area (Å²) in [6, 6.07) is 12.3. The van der Waals surface area contributed by atoms with E-state index in [-0.39, 0.29) is 12.2 Å². The Hall–Kier alpha value is -0.460. The molecule has 0 aliphatic rings. The van der Waals surface area contributed by atoms with Crippen LogP contribution in [0.5, 0.6) is 0 Å². The Morgan fingerprint density at radius 1 is 1.22 bits per heavy atom. The highest BCUT2D eigenvalue weighted by molar-refractivity contribution is 14.1. The Morgan fingerprint density at radius 3 is 2.72 bits per heavy atom. The van der Waals surface area contributed by atoms with Crippen LogP contribution in [0.2, 0.25) is 0 Å². The van der Waals surface area contributed by atoms with E-state index in [0.29, 0.717) is 5.56 Å². The van der Waals surface area contributed by atoms with Gasteiger partial charge in [0.05, 0.1) is 6.10 Å². The quantitative estimate of drug-likeness (QED) is 0.726. The predicted molar refractivity (Wildman–Crippen MR) is 81.9 cm³/mol. The number of hydrogen-bond acceptors (Lipinski definition) is 1. The Bertz CT molecular complexity index is 559. The van der Waals surface area contributed by atoms with Gasteiger partial charge in [-0.25, -0.2) is 4.39 Å². The highest BCUT2D eigenvalue weighted by Gasteiger charge is 2.12. The van der Waals surface area contributed by atoms with Gasteiger partial charge < -0.3 is 5.11 Å². The van der Waals surface area contributed by atoms with Gasteiger partial charge in [0.15, 0.2) is 0 Å². The smallest absolute Gasteiger partial charge is 0.126 e. The lowest BCUT2D eigenvalue weighted by atomic mass is 10.0. The van der Waals surface area contributed by atoms with Gasteiger partial charge in [-0.3, -0.25) is 0 Å². The van der Waals surface area contributed by atoms with Crippen molar-refractivity contribution in [1.29, 1.82) is 0 Å². The molecule has 1 N–H and O–H groups in total. The van der Waals surface area contributed by atoms with E-state index in [2.05, 4.69) is 38.5 Å². The van der Waals surface area contributed by atoms with E-state index in [4.69, 9.17) is 0 Å². The summed E-state index contributed by atoms with van der Waals surface area (Å²) in [6.45, 7) is 0. The van der Waals surface area contributed by atoms with Crippen LogP contribution < -0.4 is 0 Å². The van der Waals surface area contributed by atoms with Gasteiger partial charge in [-0.1, -0.05) is 28.1 Å². The van der Waals surface area contributed by atoms with E-state index in [1.165, 1.54) is 6.07 Å². The molecule has 0 amide bonds. The van der Waals surface area contributed by atoms with Crippen LogP contribution in [0, 0.1) is 9.39 Å². The fourth-order valence-corrected chi connectivity index (χ4v) is 2.72. The van der Waals surface area contributed by atoms with Gasteiger partial charge in [-0.2, -0.15) is 0 Å². The monoisotopic (exact) mass is 420 g/mol. The zero-order valence-electron chi connectivity index (χ0n) is 9.41. The summed E-state index contributed by atoms with van der Waals surface area (Å²) < 4.78 is 15.5. The van der Waals surface area contributed by atoms with Crippen molar-refractivity contribution < 1.29 is 9.50 Å². The Labute approximate surface area is 127 Å². The number of hydrogen-bond donors (Lipinski definition) is 1. The molecule has 0 aliphatic heterocycles. The molecule has 0 fully saturated rings. The summed E-state index contributed by atoms with van der Waals surface area (Å²) in [6.07, 6.45) is -0.422. The normalized spacial score (nSPS) is 12.4. The van der Waals surface area contributed by atoms with Gasteiger partial charge in [0.2, 0.25) is 0 Å². The van der Waals surface area contributed by atoms with Crippen molar-refractivity contribution in [3.63, 3.8) is 0 Å². The summed E-state index contributed by atoms with van der Waals surface area (Å²) in [7, 11) is 0. The second-order valence-electron chi connectivity index (χ2n) is 4.01. The summed E-state index contributed by atoms with van der Waals surface area (Å²) >= 11 is 5.49. The van der Waals surface area contributed by atoms with Gasteiger partial charge in [0.1, 0.15) is 5.82 Å². The maximum absolute atomic E-state index is 13.6. The fourth-order valence-electron chi connectivity index (χ4n) is 1.74. The first-order valence-corrected chi connectivity index (χ1v) is 7.31. The van der Waals surface area contributed by atoms with Crippen molar-refractivity contribution in [1.82, 2.24) is 0 Å². The lowest BCUT2D eigenvalue weighted by Gasteiger charge is -2.12. The molecule has 1 atom stereocenters. The van der Waals surface area contributed by atoms with Crippen LogP contribution in [0.25, 0.3) is 0 Å². The Balaban J connectivity index is 2.21. The second kappa shape index (κ2) is 6.12. The van der Waals surface area contributed by atoms with Crippen LogP contribution in [0.15, 0.2) is 46.9 Å². The molecule has 0 aromatic heterocycles. The van der Waals surface area contributed by atoms with E-state index in [1.54, 1.807) is 12.1 Å². The van der Waals surface area contributed by atoms with Gasteiger partial charge >= 0.3 is 0 Å². The predicted octanol–water partition coefficient (Wildman–Crippen LogP) is 4.47. The Morgan fingerprint density at radius 2 is 2.00 bits per heavy atom. The first-order valence-electron chi connectivity index (χ1n) is 5.44. The third-order valence-electron chi connectivity index (χ3n) is 2.65. The minimum Gasteiger partial charge on any atom is -0.388 e. The average Bonchev–Trinajstić information content (AvgIpc) is 2.34. The van der Waals surface area contributed by atoms with E-state index < -0.39 is 6.10 Å². The minimum atomic E-state index is -0.691. The molecular formula is C14H11BrFIO. The number of aliphatic hydroxyl groups is 1. The third-order valence-corrected chi connectivity index (χ3v) is 3.82. The molecule has 0 aliphatic carbocycles. The number of aliphatic hydroxyl groups excluding tert-OH is 1. The largest absolute Gasteiger partial charge is 0.388 e. The number of rotatable bonds is 3. The summed E-state index contributed by atoms with van der Waals surface area (Å²) in [5.41, 5.74) is 1.32. The van der Waals surface area contributed by atoms with Gasteiger partial charge in [0.25, 0.3) is 0 Å². The topological polar surface area (TPSA) is 20.2 Å². The molecule has 2 aromatic rings. The number of benzene rings is 2. The molecule has 4 heteroatoms. The molecule has 2 aromatic carbocycles. The van der Waals surface area contributed by atoms with Crippen LogP contribution in [0.1, 0.15) is 17.2 Å². The average molecular weight is 421 g/mol. The van der Waals surface area contributed by atoms with E-state index in [0.717, 1.165) is 13.6 Å². The maximum atomic E-state index is 13.6. The van der Waals surface area contributed by atoms with Crippen molar-refractivity contribution in [3.05, 3.63) is 67.5 Å². The van der Waals surface area contributed by atoms with E-state index >= 15 is 0 Å². The molecular weight excluding hydrogens is 410 g/mol. The van der Waals surface area contributed by atoms with Gasteiger partial charge in [-0.05, 0) is 64.0 Å². The molecule has 18 heavy (non-hydrogen) atoms. The second-order valence-corrected chi connectivity index (χ2v) is 6.17. The highest BCUT2D eigenvalue weighted by atomic mass is 127. The summed E-state index contributed by atoms with van der Waals surface area (Å²) in [5, 5.41) is 10.1. The lowest BCUT2D eigenvalue weighted by Crippen LogP contribution is -2.03. The van der Waals surface area contributed by atoms with Crippen molar-refractivity contribution >= 4 is 38.5 Å². The molecule has 2 rings (SSSR count). The van der Waals surface area contributed by atoms with Gasteiger partial charge in [0, 0.05) is 14.5 Å². The molecule has 0 radical (unpaired) electrons. The zero-order valence-corrected chi connectivity index (χ0v) is 13.2. The summed E-state index contributed by atoms with van der Waals surface area (Å²) in [5.74, 6) is -0.289. The fraction of sp³-hybridized carbons (Fsp3) is 0.143. The van der Waals surface area contributed by atoms with Crippen LogP contribution >= 0.6 is 38.5 Å². The van der Waals surface area contributed by atoms with Crippen LogP contribution in [-0.4, -0.2) is 5.11 Å². The van der Waals surface area contributed by atoms with E-state index in [9.17, 15) is 9.50 Å². The van der Waals surface area contributed by atoms with E-state index in [1.807, 2.05) is 24.3 Å². The maximum Gasteiger partial charge on any atom is 0.126 e. The Kier molecular flexibility index (Phi) is 4.75. The van der Waals surface area contributed by atoms with Crippen LogP contribution in [-0.2, 0) is 6.42 Å². The van der Waals surface area contributed by atoms with Crippen molar-refractivity contribution in [2.24, 2.45) is 0 Å². The van der Waals surface area contributed by atoms with Crippen LogP contribution in [0.3, 0.4) is 0 Å². The van der Waals surface area contributed by atoms with Crippen LogP contribution in [0.4, 0.5) is 4.39 Å². The van der Waals surface area contributed by atoms with Crippen molar-refractivity contribution in [2.45, 2.75) is 12.5 Å². The first kappa shape index (κ1) is 14.0. The highest BCUT2D eigenvalue weighted by Crippen LogP contribution is 2.23. The molecule has 1 nitrogen and oxygen atoms in total.